The first-order chi connectivity index (χ1) is 19.4. The molecular weight excluding hydrogens is 510 g/mol. The Morgan fingerprint density at radius 2 is 1.07 bits per heavy atom. The van der Waals surface area contributed by atoms with Crippen molar-refractivity contribution < 1.29 is 28.5 Å². The molecule has 9 nitrogen and oxygen atoms in total. The molecule has 0 aliphatic rings. The zero-order valence-corrected chi connectivity index (χ0v) is 23.9. The van der Waals surface area contributed by atoms with Gasteiger partial charge in [-0.2, -0.15) is 0 Å². The lowest BCUT2D eigenvalue weighted by molar-refractivity contribution is -0.148. The van der Waals surface area contributed by atoms with Crippen LogP contribution in [0, 0.1) is 5.92 Å². The molecule has 6 N–H and O–H groups in total. The van der Waals surface area contributed by atoms with Gasteiger partial charge in [0.15, 0.2) is 0 Å². The smallest absolute Gasteiger partial charge is 0.323 e. The van der Waals surface area contributed by atoms with Gasteiger partial charge in [0, 0.05) is 0 Å². The van der Waals surface area contributed by atoms with Gasteiger partial charge in [-0.1, -0.05) is 31.2 Å². The number of ether oxygens (including phenoxy) is 4. The molecule has 0 spiro atoms. The SMILES string of the molecule is CC(Cc1ccc(OCCCN)cc1)C(=O)OCCCCCCOC(=O)C(N)Cc1ccc(OCCCN)cc1. The molecule has 2 aromatic carbocycles. The van der Waals surface area contributed by atoms with E-state index in [9.17, 15) is 9.59 Å². The maximum atomic E-state index is 12.3. The Morgan fingerprint density at radius 3 is 1.55 bits per heavy atom. The molecular formula is C31H47N3O6. The van der Waals surface area contributed by atoms with Crippen molar-refractivity contribution in [1.29, 1.82) is 0 Å². The van der Waals surface area contributed by atoms with Crippen LogP contribution in [0.25, 0.3) is 0 Å². The summed E-state index contributed by atoms with van der Waals surface area (Å²) >= 11 is 0. The van der Waals surface area contributed by atoms with Crippen molar-refractivity contribution >= 4 is 11.9 Å². The lowest BCUT2D eigenvalue weighted by atomic mass is 10.0. The third-order valence-electron chi connectivity index (χ3n) is 6.31. The van der Waals surface area contributed by atoms with Crippen molar-refractivity contribution in [2.45, 2.75) is 64.3 Å². The minimum Gasteiger partial charge on any atom is -0.494 e. The van der Waals surface area contributed by atoms with Crippen molar-refractivity contribution in [2.24, 2.45) is 23.1 Å². The molecule has 0 fully saturated rings. The summed E-state index contributed by atoms with van der Waals surface area (Å²) in [4.78, 5) is 24.5. The highest BCUT2D eigenvalue weighted by molar-refractivity contribution is 5.75. The number of esters is 2. The number of rotatable bonds is 21. The van der Waals surface area contributed by atoms with Gasteiger partial charge in [0.2, 0.25) is 0 Å². The highest BCUT2D eigenvalue weighted by Crippen LogP contribution is 2.17. The molecule has 0 aromatic heterocycles. The number of nitrogens with two attached hydrogens (primary N) is 3. The number of unbranched alkanes of at least 4 members (excludes halogenated alkanes) is 3. The third kappa shape index (κ3) is 13.8. The van der Waals surface area contributed by atoms with E-state index in [1.807, 2.05) is 55.5 Å². The van der Waals surface area contributed by atoms with E-state index >= 15 is 0 Å². The van der Waals surface area contributed by atoms with Crippen molar-refractivity contribution in [3.63, 3.8) is 0 Å². The number of hydrogen-bond donors (Lipinski definition) is 3. The number of benzene rings is 2. The fourth-order valence-corrected chi connectivity index (χ4v) is 3.92. The summed E-state index contributed by atoms with van der Waals surface area (Å²) < 4.78 is 22.0. The average molecular weight is 558 g/mol. The summed E-state index contributed by atoms with van der Waals surface area (Å²) in [7, 11) is 0. The molecule has 2 rings (SSSR count). The quantitative estimate of drug-likeness (QED) is 0.155. The molecule has 2 atom stereocenters. The van der Waals surface area contributed by atoms with Crippen LogP contribution in [0.3, 0.4) is 0 Å². The fourth-order valence-electron chi connectivity index (χ4n) is 3.92. The van der Waals surface area contributed by atoms with Crippen molar-refractivity contribution in [3.05, 3.63) is 59.7 Å². The van der Waals surface area contributed by atoms with Gasteiger partial charge in [-0.15, -0.1) is 0 Å². The lowest BCUT2D eigenvalue weighted by Crippen LogP contribution is -2.34. The van der Waals surface area contributed by atoms with Crippen LogP contribution in [0.5, 0.6) is 11.5 Å². The largest absolute Gasteiger partial charge is 0.494 e. The van der Waals surface area contributed by atoms with E-state index < -0.39 is 12.0 Å². The molecule has 2 aromatic rings. The first kappa shape index (κ1) is 33.1. The van der Waals surface area contributed by atoms with Crippen LogP contribution in [0.2, 0.25) is 0 Å². The van der Waals surface area contributed by atoms with Crippen LogP contribution in [-0.2, 0) is 31.9 Å². The highest BCUT2D eigenvalue weighted by atomic mass is 16.5. The topological polar surface area (TPSA) is 149 Å². The first-order valence-electron chi connectivity index (χ1n) is 14.4. The Hall–Kier alpha value is -3.14. The second-order valence-corrected chi connectivity index (χ2v) is 9.93. The summed E-state index contributed by atoms with van der Waals surface area (Å²) in [5.41, 5.74) is 19.0. The summed E-state index contributed by atoms with van der Waals surface area (Å²) in [5.74, 6) is 0.751. The molecule has 0 saturated heterocycles. The third-order valence-corrected chi connectivity index (χ3v) is 6.31. The van der Waals surface area contributed by atoms with Gasteiger partial charge >= 0.3 is 11.9 Å². The molecule has 0 radical (unpaired) electrons. The molecule has 0 saturated carbocycles. The number of carbonyl (C=O) groups excluding carboxylic acids is 2. The van der Waals surface area contributed by atoms with Crippen LogP contribution >= 0.6 is 0 Å². The normalized spacial score (nSPS) is 12.4. The molecule has 0 amide bonds. The van der Waals surface area contributed by atoms with Crippen molar-refractivity contribution in [3.8, 4) is 11.5 Å². The van der Waals surface area contributed by atoms with Gasteiger partial charge in [-0.25, -0.2) is 0 Å². The molecule has 0 aliphatic heterocycles. The summed E-state index contributed by atoms with van der Waals surface area (Å²) in [5, 5.41) is 0. The van der Waals surface area contributed by atoms with Gasteiger partial charge in [-0.3, -0.25) is 9.59 Å². The Morgan fingerprint density at radius 1 is 0.625 bits per heavy atom. The van der Waals surface area contributed by atoms with Crippen LogP contribution in [-0.4, -0.2) is 57.5 Å². The Kier molecular flexibility index (Phi) is 16.4. The van der Waals surface area contributed by atoms with E-state index in [0.717, 1.165) is 61.2 Å². The molecule has 222 valence electrons. The summed E-state index contributed by atoms with van der Waals surface area (Å²) in [6, 6.07) is 14.6. The Bertz CT molecular complexity index is 889. The predicted octanol–water partition coefficient (Wildman–Crippen LogP) is 3.54. The second-order valence-electron chi connectivity index (χ2n) is 9.93. The highest BCUT2D eigenvalue weighted by Gasteiger charge is 2.16. The van der Waals surface area contributed by atoms with Crippen LogP contribution in [0.1, 0.15) is 56.6 Å². The summed E-state index contributed by atoms with van der Waals surface area (Å²) in [6.45, 7) is 4.96. The van der Waals surface area contributed by atoms with Crippen LogP contribution < -0.4 is 26.7 Å². The first-order valence-corrected chi connectivity index (χ1v) is 14.4. The van der Waals surface area contributed by atoms with E-state index in [0.29, 0.717) is 52.4 Å². The zero-order chi connectivity index (χ0) is 29.0. The average Bonchev–Trinajstić information content (AvgIpc) is 2.96. The van der Waals surface area contributed by atoms with E-state index in [1.54, 1.807) is 0 Å². The van der Waals surface area contributed by atoms with Gasteiger partial charge in [0.25, 0.3) is 0 Å². The molecule has 0 aliphatic carbocycles. The molecule has 0 bridgehead atoms. The maximum Gasteiger partial charge on any atom is 0.323 e. The lowest BCUT2D eigenvalue weighted by Gasteiger charge is -2.13. The van der Waals surface area contributed by atoms with Gasteiger partial charge < -0.3 is 36.1 Å². The Balaban J connectivity index is 1.51. The van der Waals surface area contributed by atoms with Gasteiger partial charge in [0.1, 0.15) is 17.5 Å². The van der Waals surface area contributed by atoms with E-state index in [2.05, 4.69) is 0 Å². The van der Waals surface area contributed by atoms with Crippen LogP contribution in [0.15, 0.2) is 48.5 Å². The van der Waals surface area contributed by atoms with Crippen LogP contribution in [0.4, 0.5) is 0 Å². The van der Waals surface area contributed by atoms with E-state index in [-0.39, 0.29) is 11.9 Å². The molecule has 40 heavy (non-hydrogen) atoms. The van der Waals surface area contributed by atoms with Crippen molar-refractivity contribution in [2.75, 3.05) is 39.5 Å². The maximum absolute atomic E-state index is 12.3. The fraction of sp³-hybridized carbons (Fsp3) is 0.548. The predicted molar refractivity (Wildman–Crippen MR) is 156 cm³/mol. The number of hydrogen-bond acceptors (Lipinski definition) is 9. The standard InChI is InChI=1S/C31H47N3O6/c1-24(22-25-8-12-27(13-9-25)37-20-6-16-32)30(35)39-18-4-2-3-5-19-40-31(36)29(34)23-26-10-14-28(15-11-26)38-21-7-17-33/h8-15,24,29H,2-7,16-23,32-34H2,1H3. The van der Waals surface area contributed by atoms with Crippen molar-refractivity contribution in [1.82, 2.24) is 0 Å². The van der Waals surface area contributed by atoms with E-state index in [4.69, 9.17) is 36.1 Å². The number of carbonyl (C=O) groups is 2. The minimum atomic E-state index is -0.710. The monoisotopic (exact) mass is 557 g/mol. The Labute approximate surface area is 238 Å². The molecule has 9 heteroatoms. The van der Waals surface area contributed by atoms with Gasteiger partial charge in [-0.05, 0) is 99.8 Å². The molecule has 2 unspecified atom stereocenters. The molecule has 0 heterocycles. The minimum absolute atomic E-state index is 0.194. The summed E-state index contributed by atoms with van der Waals surface area (Å²) in [6.07, 6.45) is 5.91. The second kappa shape index (κ2) is 19.8. The van der Waals surface area contributed by atoms with E-state index in [1.165, 1.54) is 0 Å². The van der Waals surface area contributed by atoms with Gasteiger partial charge in [0.05, 0.1) is 32.3 Å². The zero-order valence-electron chi connectivity index (χ0n) is 23.9.